The average Bonchev–Trinajstić information content (AvgIpc) is 3.05. The molecule has 0 aliphatic heterocycles. The third-order valence-electron chi connectivity index (χ3n) is 3.73. The van der Waals surface area contributed by atoms with Crippen molar-refractivity contribution in [1.82, 2.24) is 10.2 Å². The van der Waals surface area contributed by atoms with Gasteiger partial charge in [0, 0.05) is 29.5 Å². The summed E-state index contributed by atoms with van der Waals surface area (Å²) in [6, 6.07) is 13.0. The van der Waals surface area contributed by atoms with E-state index in [-0.39, 0.29) is 5.91 Å². The summed E-state index contributed by atoms with van der Waals surface area (Å²) in [5.74, 6) is -0.275. The van der Waals surface area contributed by atoms with Gasteiger partial charge in [-0.2, -0.15) is 0 Å². The highest BCUT2D eigenvalue weighted by Gasteiger charge is 2.13. The van der Waals surface area contributed by atoms with Crippen LogP contribution in [0.1, 0.15) is 21.5 Å². The molecule has 0 spiro atoms. The number of nitrogen functional groups attached to an aromatic ring is 1. The van der Waals surface area contributed by atoms with Crippen LogP contribution in [0.15, 0.2) is 42.5 Å². The summed E-state index contributed by atoms with van der Waals surface area (Å²) in [7, 11) is 1.60. The zero-order valence-electron chi connectivity index (χ0n) is 13.9. The molecule has 0 atom stereocenters. The van der Waals surface area contributed by atoms with Crippen LogP contribution in [-0.4, -0.2) is 23.2 Å². The second kappa shape index (κ2) is 7.42. The van der Waals surface area contributed by atoms with Crippen LogP contribution >= 0.6 is 11.3 Å². The number of ether oxygens (including phenoxy) is 1. The largest absolute Gasteiger partial charge is 0.398 e. The van der Waals surface area contributed by atoms with Crippen LogP contribution in [0.3, 0.4) is 0 Å². The summed E-state index contributed by atoms with van der Waals surface area (Å²) in [6.07, 6.45) is 0. The normalized spacial score (nSPS) is 10.6. The van der Waals surface area contributed by atoms with Crippen LogP contribution < -0.4 is 11.1 Å². The zero-order chi connectivity index (χ0) is 17.8. The lowest BCUT2D eigenvalue weighted by Gasteiger charge is -2.07. The maximum Gasteiger partial charge on any atom is 0.257 e. The highest BCUT2D eigenvalue weighted by atomic mass is 32.1. The van der Waals surface area contributed by atoms with Crippen molar-refractivity contribution >= 4 is 28.1 Å². The summed E-state index contributed by atoms with van der Waals surface area (Å²) in [4.78, 5) is 12.4. The molecule has 0 unspecified atom stereocenters. The molecule has 7 heteroatoms. The Balaban J connectivity index is 1.76. The third-order valence-corrected chi connectivity index (χ3v) is 4.60. The van der Waals surface area contributed by atoms with E-state index in [9.17, 15) is 4.79 Å². The maximum absolute atomic E-state index is 12.4. The fourth-order valence-electron chi connectivity index (χ4n) is 2.39. The van der Waals surface area contributed by atoms with Crippen molar-refractivity contribution in [2.24, 2.45) is 0 Å². The molecule has 1 heterocycles. The van der Waals surface area contributed by atoms with Crippen molar-refractivity contribution in [3.8, 4) is 10.6 Å². The first-order valence-corrected chi connectivity index (χ1v) is 8.48. The Labute approximate surface area is 149 Å². The van der Waals surface area contributed by atoms with Gasteiger partial charge in [-0.25, -0.2) is 0 Å². The minimum atomic E-state index is -0.275. The van der Waals surface area contributed by atoms with Gasteiger partial charge in [0.1, 0.15) is 5.01 Å². The highest BCUT2D eigenvalue weighted by molar-refractivity contribution is 7.18. The molecule has 3 aromatic rings. The summed E-state index contributed by atoms with van der Waals surface area (Å²) in [5, 5.41) is 12.2. The fourth-order valence-corrected chi connectivity index (χ4v) is 3.22. The van der Waals surface area contributed by atoms with Gasteiger partial charge in [0.05, 0.1) is 6.61 Å². The van der Waals surface area contributed by atoms with Gasteiger partial charge in [-0.15, -0.1) is 10.2 Å². The number of aromatic nitrogens is 2. The number of carbonyl (C=O) groups is 1. The highest BCUT2D eigenvalue weighted by Crippen LogP contribution is 2.29. The number of benzene rings is 2. The number of nitrogens with two attached hydrogens (primary N) is 1. The number of carbonyl (C=O) groups excluding carboxylic acids is 1. The fraction of sp³-hybridized carbons (Fsp3) is 0.167. The molecule has 0 bridgehead atoms. The van der Waals surface area contributed by atoms with E-state index in [1.54, 1.807) is 25.3 Å². The second-order valence-electron chi connectivity index (χ2n) is 5.53. The van der Waals surface area contributed by atoms with E-state index >= 15 is 0 Å². The number of hydrogen-bond acceptors (Lipinski definition) is 6. The molecule has 3 rings (SSSR count). The zero-order valence-corrected chi connectivity index (χ0v) is 14.8. The van der Waals surface area contributed by atoms with Crippen molar-refractivity contribution in [3.63, 3.8) is 0 Å². The van der Waals surface area contributed by atoms with Crippen molar-refractivity contribution in [3.05, 3.63) is 59.2 Å². The van der Waals surface area contributed by atoms with E-state index < -0.39 is 0 Å². The van der Waals surface area contributed by atoms with Crippen LogP contribution in [0, 0.1) is 6.92 Å². The number of amides is 1. The second-order valence-corrected chi connectivity index (χ2v) is 6.51. The summed E-state index contributed by atoms with van der Waals surface area (Å²) in [5.41, 5.74) is 9.90. The predicted octanol–water partition coefficient (Wildman–Crippen LogP) is 3.49. The van der Waals surface area contributed by atoms with Crippen molar-refractivity contribution in [1.29, 1.82) is 0 Å². The molecule has 0 radical (unpaired) electrons. The number of hydrogen-bond donors (Lipinski definition) is 2. The number of rotatable bonds is 5. The van der Waals surface area contributed by atoms with E-state index in [2.05, 4.69) is 15.5 Å². The lowest BCUT2D eigenvalue weighted by Crippen LogP contribution is -2.12. The summed E-state index contributed by atoms with van der Waals surface area (Å²) >= 11 is 1.33. The Kier molecular flexibility index (Phi) is 5.06. The van der Waals surface area contributed by atoms with Crippen molar-refractivity contribution < 1.29 is 9.53 Å². The number of aryl methyl sites for hydroxylation is 1. The van der Waals surface area contributed by atoms with Crippen LogP contribution in [0.4, 0.5) is 10.8 Å². The quantitative estimate of drug-likeness (QED) is 0.685. The molecular formula is C18H18N4O2S. The Morgan fingerprint density at radius 3 is 2.76 bits per heavy atom. The first-order chi connectivity index (χ1) is 12.1. The number of nitrogens with one attached hydrogen (secondary N) is 1. The minimum Gasteiger partial charge on any atom is -0.398 e. The van der Waals surface area contributed by atoms with Crippen LogP contribution in [-0.2, 0) is 11.3 Å². The van der Waals surface area contributed by atoms with Crippen LogP contribution in [0.25, 0.3) is 10.6 Å². The third kappa shape index (κ3) is 3.84. The average molecular weight is 354 g/mol. The van der Waals surface area contributed by atoms with E-state index in [1.807, 2.05) is 31.2 Å². The Hall–Kier alpha value is -2.77. The van der Waals surface area contributed by atoms with Crippen molar-refractivity contribution in [2.45, 2.75) is 13.5 Å². The van der Waals surface area contributed by atoms with Crippen LogP contribution in [0.5, 0.6) is 0 Å². The van der Waals surface area contributed by atoms with Gasteiger partial charge < -0.3 is 10.5 Å². The van der Waals surface area contributed by atoms with Gasteiger partial charge in [-0.3, -0.25) is 10.1 Å². The molecule has 1 amide bonds. The Morgan fingerprint density at radius 2 is 2.04 bits per heavy atom. The van der Waals surface area contributed by atoms with Gasteiger partial charge in [-0.1, -0.05) is 41.7 Å². The Morgan fingerprint density at radius 1 is 1.24 bits per heavy atom. The minimum absolute atomic E-state index is 0.275. The molecule has 0 saturated heterocycles. The Bertz CT molecular complexity index is 908. The summed E-state index contributed by atoms with van der Waals surface area (Å²) < 4.78 is 5.06. The molecule has 2 aromatic carbocycles. The van der Waals surface area contributed by atoms with E-state index in [0.29, 0.717) is 23.0 Å². The molecule has 1 aromatic heterocycles. The molecule has 6 nitrogen and oxygen atoms in total. The first kappa shape index (κ1) is 17.1. The molecule has 0 saturated carbocycles. The first-order valence-electron chi connectivity index (χ1n) is 7.66. The van der Waals surface area contributed by atoms with Gasteiger partial charge in [0.15, 0.2) is 0 Å². The standard InChI is InChI=1S/C18H18N4O2S/c1-11-5-3-4-6-14(11)17-21-22-18(25-17)20-16(23)12-7-8-13(10-24-2)15(19)9-12/h3-9H,10,19H2,1-2H3,(H,20,22,23). The van der Waals surface area contributed by atoms with E-state index in [1.165, 1.54) is 11.3 Å². The molecule has 0 aliphatic carbocycles. The van der Waals surface area contributed by atoms with Crippen molar-refractivity contribution in [2.75, 3.05) is 18.2 Å². The van der Waals surface area contributed by atoms with Crippen LogP contribution in [0.2, 0.25) is 0 Å². The SMILES string of the molecule is COCc1ccc(C(=O)Nc2nnc(-c3ccccc3C)s2)cc1N. The molecule has 128 valence electrons. The van der Waals surface area contributed by atoms with Gasteiger partial charge >= 0.3 is 0 Å². The molecule has 0 aliphatic rings. The molecule has 0 fully saturated rings. The number of methoxy groups -OCH3 is 1. The monoisotopic (exact) mass is 354 g/mol. The molecular weight excluding hydrogens is 336 g/mol. The smallest absolute Gasteiger partial charge is 0.257 e. The van der Waals surface area contributed by atoms with Gasteiger partial charge in [-0.05, 0) is 24.6 Å². The van der Waals surface area contributed by atoms with E-state index in [4.69, 9.17) is 10.5 Å². The number of nitrogens with zero attached hydrogens (tertiary/aromatic N) is 2. The van der Waals surface area contributed by atoms with E-state index in [0.717, 1.165) is 21.7 Å². The maximum atomic E-state index is 12.4. The van der Waals surface area contributed by atoms with Gasteiger partial charge in [0.2, 0.25) is 5.13 Å². The lowest BCUT2D eigenvalue weighted by molar-refractivity contribution is 0.102. The molecule has 25 heavy (non-hydrogen) atoms. The molecule has 3 N–H and O–H groups in total. The topological polar surface area (TPSA) is 90.1 Å². The summed E-state index contributed by atoms with van der Waals surface area (Å²) in [6.45, 7) is 2.42. The lowest BCUT2D eigenvalue weighted by atomic mass is 10.1. The predicted molar refractivity (Wildman–Crippen MR) is 99.6 cm³/mol. The number of anilines is 2. The van der Waals surface area contributed by atoms with Gasteiger partial charge in [0.25, 0.3) is 5.91 Å².